The normalized spacial score (nSPS) is 17.4. The topological polar surface area (TPSA) is 73.0 Å². The molecule has 2 aromatic heterocycles. The van der Waals surface area contributed by atoms with E-state index >= 15 is 0 Å². The number of aryl methyl sites for hydroxylation is 2. The van der Waals surface area contributed by atoms with Crippen LogP contribution in [0.1, 0.15) is 43.6 Å². The molecule has 1 aliphatic heterocycles. The molecule has 0 saturated heterocycles. The Hall–Kier alpha value is -1.96. The van der Waals surface area contributed by atoms with Gasteiger partial charge < -0.3 is 0 Å². The van der Waals surface area contributed by atoms with E-state index in [4.69, 9.17) is 0 Å². The van der Waals surface area contributed by atoms with Crippen LogP contribution in [-0.4, -0.2) is 31.3 Å². The van der Waals surface area contributed by atoms with E-state index in [-0.39, 0.29) is 24.2 Å². The maximum Gasteiger partial charge on any atom is 0.346 e. The fourth-order valence-corrected chi connectivity index (χ4v) is 4.07. The van der Waals surface area contributed by atoms with Gasteiger partial charge in [-0.2, -0.15) is 5.10 Å². The fraction of sp³-hybridized carbons (Fsp3) is 0.625. The maximum absolute atomic E-state index is 12.8. The van der Waals surface area contributed by atoms with E-state index in [0.717, 1.165) is 55.2 Å². The quantitative estimate of drug-likeness (QED) is 0.844. The van der Waals surface area contributed by atoms with Crippen LogP contribution in [0.3, 0.4) is 0 Å². The lowest BCUT2D eigenvalue weighted by Gasteiger charge is -2.18. The van der Waals surface area contributed by atoms with E-state index in [1.165, 1.54) is 16.0 Å². The molecule has 24 heavy (non-hydrogen) atoms. The minimum atomic E-state index is -0.161. The Morgan fingerprint density at radius 1 is 1.38 bits per heavy atom. The maximum atomic E-state index is 12.8. The zero-order chi connectivity index (χ0) is 16.7. The molecule has 0 N–H and O–H groups in total. The molecular weight excluding hydrogens is 326 g/mol. The summed E-state index contributed by atoms with van der Waals surface area (Å²) in [6.07, 6.45) is 5.99. The van der Waals surface area contributed by atoms with Gasteiger partial charge in [0.05, 0.1) is 5.69 Å². The van der Waals surface area contributed by atoms with Crippen LogP contribution in [0.15, 0.2) is 10.2 Å². The van der Waals surface area contributed by atoms with E-state index in [1.807, 2.05) is 12.3 Å². The number of aromatic nitrogens is 4. The number of fused-ring (bicyclic) bond motifs is 1. The van der Waals surface area contributed by atoms with Crippen molar-refractivity contribution >= 4 is 22.4 Å². The lowest BCUT2D eigenvalue weighted by molar-refractivity contribution is -0.119. The summed E-state index contributed by atoms with van der Waals surface area (Å²) in [7, 11) is 0. The van der Waals surface area contributed by atoms with Gasteiger partial charge in [0.25, 0.3) is 5.91 Å². The molecule has 1 saturated carbocycles. The molecule has 0 aromatic carbocycles. The summed E-state index contributed by atoms with van der Waals surface area (Å²) in [5.41, 5.74) is 0.755. The third-order valence-corrected chi connectivity index (χ3v) is 5.52. The second-order valence-corrected chi connectivity index (χ2v) is 7.42. The second-order valence-electron chi connectivity index (χ2n) is 6.59. The fourth-order valence-electron chi connectivity index (χ4n) is 3.18. The van der Waals surface area contributed by atoms with Crippen LogP contribution in [0.2, 0.25) is 0 Å². The van der Waals surface area contributed by atoms with Crippen molar-refractivity contribution < 1.29 is 4.79 Å². The highest BCUT2D eigenvalue weighted by Gasteiger charge is 2.36. The van der Waals surface area contributed by atoms with Gasteiger partial charge in [0.15, 0.2) is 5.13 Å². The minimum absolute atomic E-state index is 0.00599. The van der Waals surface area contributed by atoms with Crippen molar-refractivity contribution in [1.29, 1.82) is 0 Å². The third-order valence-electron chi connectivity index (χ3n) is 4.56. The van der Waals surface area contributed by atoms with E-state index < -0.39 is 0 Å². The number of anilines is 1. The van der Waals surface area contributed by atoms with Gasteiger partial charge in [0, 0.05) is 24.4 Å². The molecule has 3 heterocycles. The zero-order valence-corrected chi connectivity index (χ0v) is 14.6. The number of hydrogen-bond donors (Lipinski definition) is 0. The van der Waals surface area contributed by atoms with Gasteiger partial charge in [-0.1, -0.05) is 6.42 Å². The molecule has 1 aliphatic carbocycles. The zero-order valence-electron chi connectivity index (χ0n) is 13.8. The molecule has 2 aromatic rings. The number of amides is 1. The Morgan fingerprint density at radius 2 is 2.21 bits per heavy atom. The molecule has 0 radical (unpaired) electrons. The van der Waals surface area contributed by atoms with Gasteiger partial charge in [-0.25, -0.2) is 14.5 Å². The highest BCUT2D eigenvalue weighted by molar-refractivity contribution is 7.14. The molecule has 0 unspecified atom stereocenters. The number of carbonyl (C=O) groups is 1. The summed E-state index contributed by atoms with van der Waals surface area (Å²) in [6, 6.07) is 0.221. The summed E-state index contributed by atoms with van der Waals surface area (Å²) in [5, 5.41) is 7.09. The Labute approximate surface area is 143 Å². The number of rotatable bonds is 4. The van der Waals surface area contributed by atoms with Gasteiger partial charge in [0.2, 0.25) is 0 Å². The molecule has 0 atom stereocenters. The summed E-state index contributed by atoms with van der Waals surface area (Å²) < 4.78 is 3.06. The highest BCUT2D eigenvalue weighted by Crippen LogP contribution is 2.33. The monoisotopic (exact) mass is 347 g/mol. The van der Waals surface area contributed by atoms with Crippen LogP contribution >= 0.6 is 11.3 Å². The standard InChI is InChI=1S/C16H21N5O2S/c1-11-10-24-15(17-11)21(12-6-7-12)14(22)9-20-16(23)19-8-4-2-3-5-13(19)18-20/h10,12H,2-9H2,1H3. The third kappa shape index (κ3) is 2.90. The Kier molecular flexibility index (Phi) is 3.99. The lowest BCUT2D eigenvalue weighted by Crippen LogP contribution is -2.38. The van der Waals surface area contributed by atoms with Crippen LogP contribution in [0, 0.1) is 6.92 Å². The molecule has 8 heteroatoms. The van der Waals surface area contributed by atoms with Gasteiger partial charge in [-0.15, -0.1) is 11.3 Å². The van der Waals surface area contributed by atoms with Crippen molar-refractivity contribution in [3.63, 3.8) is 0 Å². The van der Waals surface area contributed by atoms with E-state index in [0.29, 0.717) is 6.54 Å². The Morgan fingerprint density at radius 3 is 2.92 bits per heavy atom. The van der Waals surface area contributed by atoms with Crippen molar-refractivity contribution in [3.8, 4) is 0 Å². The molecule has 0 bridgehead atoms. The predicted molar refractivity (Wildman–Crippen MR) is 91.4 cm³/mol. The summed E-state index contributed by atoms with van der Waals surface area (Å²) in [6.45, 7) is 2.63. The number of thiazole rings is 1. The molecule has 1 fully saturated rings. The molecule has 1 amide bonds. The SMILES string of the molecule is Cc1csc(N(C(=O)Cn2nc3n(c2=O)CCCCC3)C2CC2)n1. The first kappa shape index (κ1) is 15.6. The van der Waals surface area contributed by atoms with Crippen LogP contribution < -0.4 is 10.6 Å². The first-order valence-electron chi connectivity index (χ1n) is 8.54. The van der Waals surface area contributed by atoms with Crippen molar-refractivity contribution in [2.75, 3.05) is 4.90 Å². The van der Waals surface area contributed by atoms with E-state index in [2.05, 4.69) is 10.1 Å². The van der Waals surface area contributed by atoms with Gasteiger partial charge in [0.1, 0.15) is 12.4 Å². The first-order chi connectivity index (χ1) is 11.6. The molecule has 7 nitrogen and oxygen atoms in total. The Balaban J connectivity index is 1.58. The molecule has 4 rings (SSSR count). The van der Waals surface area contributed by atoms with Gasteiger partial charge in [-0.3, -0.25) is 14.3 Å². The van der Waals surface area contributed by atoms with Crippen LogP contribution in [0.5, 0.6) is 0 Å². The van der Waals surface area contributed by atoms with E-state index in [1.54, 1.807) is 9.47 Å². The summed E-state index contributed by atoms with van der Waals surface area (Å²) in [4.78, 5) is 31.6. The van der Waals surface area contributed by atoms with Crippen LogP contribution in [0.4, 0.5) is 5.13 Å². The second kappa shape index (κ2) is 6.16. The van der Waals surface area contributed by atoms with Crippen molar-refractivity contribution in [2.24, 2.45) is 0 Å². The molecule has 128 valence electrons. The number of hydrogen-bond acceptors (Lipinski definition) is 5. The average Bonchev–Trinajstić information content (AvgIpc) is 3.27. The molecule has 2 aliphatic rings. The highest BCUT2D eigenvalue weighted by atomic mass is 32.1. The van der Waals surface area contributed by atoms with E-state index in [9.17, 15) is 9.59 Å². The van der Waals surface area contributed by atoms with Crippen LogP contribution in [0.25, 0.3) is 0 Å². The smallest absolute Gasteiger partial charge is 0.283 e. The largest absolute Gasteiger partial charge is 0.346 e. The number of carbonyl (C=O) groups excluding carboxylic acids is 1. The van der Waals surface area contributed by atoms with Crippen LogP contribution in [-0.2, 0) is 24.3 Å². The first-order valence-corrected chi connectivity index (χ1v) is 9.42. The lowest BCUT2D eigenvalue weighted by atomic mass is 10.2. The number of nitrogens with zero attached hydrogens (tertiary/aromatic N) is 5. The molecular formula is C16H21N5O2S. The van der Waals surface area contributed by atoms with Gasteiger partial charge >= 0.3 is 5.69 Å². The summed E-state index contributed by atoms with van der Waals surface area (Å²) in [5.74, 6) is 0.718. The Bertz CT molecular complexity index is 817. The summed E-state index contributed by atoms with van der Waals surface area (Å²) >= 11 is 1.48. The molecule has 0 spiro atoms. The van der Waals surface area contributed by atoms with Crippen molar-refractivity contribution in [2.45, 2.75) is 64.6 Å². The minimum Gasteiger partial charge on any atom is -0.283 e. The van der Waals surface area contributed by atoms with Crippen molar-refractivity contribution in [3.05, 3.63) is 27.4 Å². The van der Waals surface area contributed by atoms with Gasteiger partial charge in [-0.05, 0) is 32.6 Å². The average molecular weight is 347 g/mol. The predicted octanol–water partition coefficient (Wildman–Crippen LogP) is 1.73. The van der Waals surface area contributed by atoms with Crippen molar-refractivity contribution in [1.82, 2.24) is 19.3 Å².